The molecule has 7 heteroatoms. The van der Waals surface area contributed by atoms with Crippen LogP contribution >= 0.6 is 0 Å². The van der Waals surface area contributed by atoms with E-state index < -0.39 is 0 Å². The average molecular weight is 350 g/mol. The van der Waals surface area contributed by atoms with Gasteiger partial charge in [-0.25, -0.2) is 4.98 Å². The molecule has 3 N–H and O–H groups in total. The average Bonchev–Trinajstić information content (AvgIpc) is 2.62. The Hall–Kier alpha value is -3.19. The van der Waals surface area contributed by atoms with Gasteiger partial charge >= 0.3 is 0 Å². The van der Waals surface area contributed by atoms with E-state index in [2.05, 4.69) is 30.5 Å². The summed E-state index contributed by atoms with van der Waals surface area (Å²) in [5, 5.41) is 16.1. The molecule has 1 aromatic carbocycles. The lowest BCUT2D eigenvalue weighted by Gasteiger charge is -2.13. The minimum absolute atomic E-state index is 0.197. The Kier molecular flexibility index (Phi) is 5.60. The van der Waals surface area contributed by atoms with Crippen molar-refractivity contribution in [1.29, 1.82) is 0 Å². The van der Waals surface area contributed by atoms with Gasteiger partial charge < -0.3 is 20.6 Å². The minimum Gasteiger partial charge on any atom is -0.508 e. The van der Waals surface area contributed by atoms with Gasteiger partial charge in [-0.1, -0.05) is 6.07 Å². The van der Waals surface area contributed by atoms with Crippen molar-refractivity contribution in [2.24, 2.45) is 0 Å². The Labute approximate surface area is 152 Å². The topological polar surface area (TPSA) is 86.2 Å². The van der Waals surface area contributed by atoms with E-state index >= 15 is 0 Å². The van der Waals surface area contributed by atoms with E-state index in [0.29, 0.717) is 11.8 Å². The maximum absolute atomic E-state index is 9.65. The predicted octanol–water partition coefficient (Wildman–Crippen LogP) is 2.96. The summed E-state index contributed by atoms with van der Waals surface area (Å²) in [7, 11) is 4.04. The second kappa shape index (κ2) is 8.26. The summed E-state index contributed by atoms with van der Waals surface area (Å²) in [5.41, 5.74) is 2.50. The molecule has 0 radical (unpaired) electrons. The van der Waals surface area contributed by atoms with Gasteiger partial charge in [-0.2, -0.15) is 4.98 Å². The number of rotatable bonds is 7. The molecule has 0 fully saturated rings. The summed E-state index contributed by atoms with van der Waals surface area (Å²) in [5.74, 6) is 1.39. The van der Waals surface area contributed by atoms with Gasteiger partial charge in [0.2, 0.25) is 5.95 Å². The normalized spacial score (nSPS) is 10.7. The number of hydrogen-bond donors (Lipinski definition) is 3. The van der Waals surface area contributed by atoms with E-state index in [4.69, 9.17) is 0 Å². The maximum Gasteiger partial charge on any atom is 0.225 e. The summed E-state index contributed by atoms with van der Waals surface area (Å²) in [4.78, 5) is 15.3. The van der Waals surface area contributed by atoms with Gasteiger partial charge in [-0.05, 0) is 38.4 Å². The van der Waals surface area contributed by atoms with E-state index in [-0.39, 0.29) is 5.75 Å². The highest BCUT2D eigenvalue weighted by molar-refractivity contribution is 5.67. The van der Waals surface area contributed by atoms with Crippen LogP contribution in [0.25, 0.3) is 11.3 Å². The summed E-state index contributed by atoms with van der Waals surface area (Å²) in [6.45, 7) is 1.61. The molecule has 0 spiro atoms. The zero-order chi connectivity index (χ0) is 18.4. The number of hydrogen-bond acceptors (Lipinski definition) is 7. The number of pyridine rings is 1. The lowest BCUT2D eigenvalue weighted by molar-refractivity contribution is 0.425. The molecule has 0 atom stereocenters. The molecular formula is C19H22N6O. The molecule has 0 unspecified atom stereocenters. The second-order valence-corrected chi connectivity index (χ2v) is 6.10. The van der Waals surface area contributed by atoms with E-state index in [1.165, 1.54) is 0 Å². The molecule has 0 saturated heterocycles. The molecule has 0 saturated carbocycles. The first-order chi connectivity index (χ1) is 12.6. The van der Waals surface area contributed by atoms with Crippen LogP contribution in [0.3, 0.4) is 0 Å². The summed E-state index contributed by atoms with van der Waals surface area (Å²) >= 11 is 0. The van der Waals surface area contributed by atoms with Crippen LogP contribution in [0.1, 0.15) is 0 Å². The minimum atomic E-state index is 0.197. The number of aromatic hydroxyl groups is 1. The number of anilines is 3. The standard InChI is InChI=1S/C19H22N6O/c1-25(2)11-10-21-19-23-17(14-6-8-20-9-7-14)13-18(24-19)22-15-4-3-5-16(26)12-15/h3-9,12-13,26H,10-11H2,1-2H3,(H2,21,22,23,24). The van der Waals surface area contributed by atoms with Crippen LogP contribution in [0.15, 0.2) is 54.9 Å². The second-order valence-electron chi connectivity index (χ2n) is 6.10. The molecule has 26 heavy (non-hydrogen) atoms. The Morgan fingerprint density at radius 2 is 1.85 bits per heavy atom. The number of aromatic nitrogens is 3. The maximum atomic E-state index is 9.65. The molecule has 2 aromatic heterocycles. The first-order valence-electron chi connectivity index (χ1n) is 8.34. The molecule has 3 aromatic rings. The lowest BCUT2D eigenvalue weighted by atomic mass is 10.2. The van der Waals surface area contributed by atoms with Crippen molar-refractivity contribution in [1.82, 2.24) is 19.9 Å². The molecular weight excluding hydrogens is 328 g/mol. The van der Waals surface area contributed by atoms with Crippen molar-refractivity contribution in [3.63, 3.8) is 0 Å². The van der Waals surface area contributed by atoms with Crippen LogP contribution < -0.4 is 10.6 Å². The third-order valence-corrected chi connectivity index (χ3v) is 3.66. The van der Waals surface area contributed by atoms with Crippen LogP contribution in [-0.2, 0) is 0 Å². The largest absolute Gasteiger partial charge is 0.508 e. The molecule has 0 amide bonds. The molecule has 134 valence electrons. The number of nitrogens with one attached hydrogen (secondary N) is 2. The summed E-state index contributed by atoms with van der Waals surface area (Å²) in [6, 6.07) is 12.6. The summed E-state index contributed by atoms with van der Waals surface area (Å²) in [6.07, 6.45) is 3.47. The number of likely N-dealkylation sites (N-methyl/N-ethyl adjacent to an activating group) is 1. The first-order valence-corrected chi connectivity index (χ1v) is 8.34. The SMILES string of the molecule is CN(C)CCNc1nc(Nc2cccc(O)c2)cc(-c2ccncc2)n1. The highest BCUT2D eigenvalue weighted by Crippen LogP contribution is 2.24. The number of phenolic OH excluding ortho intramolecular Hbond substituents is 1. The molecule has 0 bridgehead atoms. The van der Waals surface area contributed by atoms with Crippen molar-refractivity contribution in [2.45, 2.75) is 0 Å². The Bertz CT molecular complexity index is 854. The van der Waals surface area contributed by atoms with Gasteiger partial charge in [0.1, 0.15) is 11.6 Å². The zero-order valence-electron chi connectivity index (χ0n) is 14.8. The Balaban J connectivity index is 1.89. The van der Waals surface area contributed by atoms with E-state index in [1.807, 2.05) is 38.4 Å². The van der Waals surface area contributed by atoms with Crippen LogP contribution in [0, 0.1) is 0 Å². The third kappa shape index (κ3) is 4.90. The molecule has 0 aliphatic rings. The quantitative estimate of drug-likeness (QED) is 0.604. The fraction of sp³-hybridized carbons (Fsp3) is 0.211. The smallest absolute Gasteiger partial charge is 0.225 e. The van der Waals surface area contributed by atoms with Gasteiger partial charge in [-0.3, -0.25) is 4.98 Å². The fourth-order valence-electron chi connectivity index (χ4n) is 2.38. The molecule has 0 aliphatic carbocycles. The van der Waals surface area contributed by atoms with E-state index in [1.54, 1.807) is 30.6 Å². The van der Waals surface area contributed by atoms with Crippen molar-refractivity contribution in [3.05, 3.63) is 54.9 Å². The van der Waals surface area contributed by atoms with Crippen LogP contribution in [-0.4, -0.2) is 52.1 Å². The summed E-state index contributed by atoms with van der Waals surface area (Å²) < 4.78 is 0. The monoisotopic (exact) mass is 350 g/mol. The van der Waals surface area contributed by atoms with Gasteiger partial charge in [0.15, 0.2) is 0 Å². The molecule has 7 nitrogen and oxygen atoms in total. The van der Waals surface area contributed by atoms with Crippen molar-refractivity contribution >= 4 is 17.5 Å². The zero-order valence-corrected chi connectivity index (χ0v) is 14.8. The van der Waals surface area contributed by atoms with E-state index in [9.17, 15) is 5.11 Å². The first kappa shape index (κ1) is 17.6. The Morgan fingerprint density at radius 1 is 1.04 bits per heavy atom. The van der Waals surface area contributed by atoms with Crippen molar-refractivity contribution in [3.8, 4) is 17.0 Å². The van der Waals surface area contributed by atoms with Crippen LogP contribution in [0.4, 0.5) is 17.5 Å². The van der Waals surface area contributed by atoms with Crippen molar-refractivity contribution < 1.29 is 5.11 Å². The van der Waals surface area contributed by atoms with Gasteiger partial charge in [-0.15, -0.1) is 0 Å². The number of benzene rings is 1. The van der Waals surface area contributed by atoms with Crippen LogP contribution in [0.5, 0.6) is 5.75 Å². The number of nitrogens with zero attached hydrogens (tertiary/aromatic N) is 4. The third-order valence-electron chi connectivity index (χ3n) is 3.66. The number of phenols is 1. The van der Waals surface area contributed by atoms with Gasteiger partial charge in [0.05, 0.1) is 5.69 Å². The van der Waals surface area contributed by atoms with Gasteiger partial charge in [0, 0.05) is 48.9 Å². The van der Waals surface area contributed by atoms with Crippen molar-refractivity contribution in [2.75, 3.05) is 37.8 Å². The fourth-order valence-corrected chi connectivity index (χ4v) is 2.38. The molecule has 0 aliphatic heterocycles. The highest BCUT2D eigenvalue weighted by Gasteiger charge is 2.08. The predicted molar refractivity (Wildman–Crippen MR) is 104 cm³/mol. The Morgan fingerprint density at radius 3 is 2.58 bits per heavy atom. The van der Waals surface area contributed by atoms with Crippen LogP contribution in [0.2, 0.25) is 0 Å². The highest BCUT2D eigenvalue weighted by atomic mass is 16.3. The lowest BCUT2D eigenvalue weighted by Crippen LogP contribution is -2.21. The van der Waals surface area contributed by atoms with E-state index in [0.717, 1.165) is 30.0 Å². The molecule has 2 heterocycles. The molecule has 3 rings (SSSR count). The van der Waals surface area contributed by atoms with Gasteiger partial charge in [0.25, 0.3) is 0 Å².